The van der Waals surface area contributed by atoms with Crippen LogP contribution in [-0.4, -0.2) is 36.8 Å². The van der Waals surface area contributed by atoms with E-state index in [1.54, 1.807) is 18.9 Å². The molecule has 1 heterocycles. The highest BCUT2D eigenvalue weighted by molar-refractivity contribution is 7.99. The first-order valence-electron chi connectivity index (χ1n) is 14.5. The third kappa shape index (κ3) is 8.30. The van der Waals surface area contributed by atoms with Gasteiger partial charge in [0, 0.05) is 29.2 Å². The van der Waals surface area contributed by atoms with E-state index in [-0.39, 0.29) is 25.4 Å². The number of carbonyl (C=O) groups excluding carboxylic acids is 1. The van der Waals surface area contributed by atoms with Crippen LogP contribution in [0, 0.1) is 0 Å². The molecular weight excluding hydrogens is 574 g/mol. The Hall–Kier alpha value is -4.08. The van der Waals surface area contributed by atoms with Crippen molar-refractivity contribution in [1.29, 1.82) is 0 Å². The van der Waals surface area contributed by atoms with E-state index >= 15 is 0 Å². The highest BCUT2D eigenvalue weighted by atomic mass is 32.2. The van der Waals surface area contributed by atoms with Gasteiger partial charge in [-0.15, -0.1) is 11.8 Å². The monoisotopic (exact) mass is 611 g/mol. The maximum Gasteiger partial charge on any atom is 0.407 e. The molecule has 5 rings (SSSR count). The number of thioether (sulfide) groups is 1. The normalized spacial score (nSPS) is 17.9. The van der Waals surface area contributed by atoms with Crippen molar-refractivity contribution in [1.82, 2.24) is 5.32 Å². The second-order valence-electron chi connectivity index (χ2n) is 10.4. The van der Waals surface area contributed by atoms with Gasteiger partial charge in [-0.1, -0.05) is 91.5 Å². The Labute approximate surface area is 262 Å². The number of carbonyl (C=O) groups is 1. The minimum absolute atomic E-state index is 0.00372. The van der Waals surface area contributed by atoms with E-state index in [0.717, 1.165) is 49.8 Å². The van der Waals surface area contributed by atoms with E-state index in [2.05, 4.69) is 30.1 Å². The summed E-state index contributed by atoms with van der Waals surface area (Å²) >= 11 is 1.71. The smallest absolute Gasteiger partial charge is 0.407 e. The first kappa shape index (κ1) is 31.3. The number of para-hydroxylation sites is 1. The molecule has 0 saturated carbocycles. The van der Waals surface area contributed by atoms with Crippen LogP contribution < -0.4 is 10.1 Å². The first-order chi connectivity index (χ1) is 21.6. The molecule has 7 nitrogen and oxygen atoms in total. The number of hydrogen-bond acceptors (Lipinski definition) is 7. The number of aliphatic hydroxyl groups excluding tert-OH is 1. The van der Waals surface area contributed by atoms with Crippen molar-refractivity contribution >= 4 is 17.9 Å². The number of ether oxygens (including phenoxy) is 4. The van der Waals surface area contributed by atoms with Crippen LogP contribution in [0.2, 0.25) is 0 Å². The van der Waals surface area contributed by atoms with Gasteiger partial charge in [-0.2, -0.15) is 0 Å². The van der Waals surface area contributed by atoms with Gasteiger partial charge in [0.15, 0.2) is 6.29 Å². The Balaban J connectivity index is 1.31. The molecule has 1 fully saturated rings. The third-order valence-electron chi connectivity index (χ3n) is 7.32. The van der Waals surface area contributed by atoms with Gasteiger partial charge in [-0.25, -0.2) is 4.79 Å². The number of amides is 1. The van der Waals surface area contributed by atoms with Crippen LogP contribution >= 0.6 is 11.8 Å². The summed E-state index contributed by atoms with van der Waals surface area (Å²) in [5, 5.41) is 12.3. The van der Waals surface area contributed by atoms with Crippen LogP contribution in [0.15, 0.2) is 115 Å². The van der Waals surface area contributed by atoms with Gasteiger partial charge >= 0.3 is 6.09 Å². The number of alkyl carbamates (subject to hydrolysis) is 1. The van der Waals surface area contributed by atoms with Crippen molar-refractivity contribution in [3.8, 4) is 16.9 Å². The van der Waals surface area contributed by atoms with Crippen molar-refractivity contribution < 1.29 is 28.8 Å². The third-order valence-corrected chi connectivity index (χ3v) is 8.51. The lowest BCUT2D eigenvalue weighted by molar-refractivity contribution is -0.245. The van der Waals surface area contributed by atoms with Crippen LogP contribution in [0.4, 0.5) is 4.79 Å². The molecule has 44 heavy (non-hydrogen) atoms. The average Bonchev–Trinajstić information content (AvgIpc) is 3.09. The van der Waals surface area contributed by atoms with E-state index in [0.29, 0.717) is 13.0 Å². The second kappa shape index (κ2) is 15.6. The summed E-state index contributed by atoms with van der Waals surface area (Å²) in [7, 11) is 1.69. The van der Waals surface area contributed by atoms with Crippen LogP contribution in [-0.2, 0) is 27.4 Å². The summed E-state index contributed by atoms with van der Waals surface area (Å²) in [6.45, 7) is 4.09. The van der Waals surface area contributed by atoms with Gasteiger partial charge in [0.25, 0.3) is 0 Å². The summed E-state index contributed by atoms with van der Waals surface area (Å²) in [6, 6.07) is 32.1. The lowest BCUT2D eigenvalue weighted by Gasteiger charge is -2.36. The Bertz CT molecular complexity index is 1520. The van der Waals surface area contributed by atoms with Gasteiger partial charge in [-0.05, 0) is 46.0 Å². The fourth-order valence-electron chi connectivity index (χ4n) is 5.00. The van der Waals surface area contributed by atoms with Crippen LogP contribution in [0.25, 0.3) is 11.1 Å². The Morgan fingerprint density at radius 2 is 1.73 bits per heavy atom. The minimum atomic E-state index is -0.541. The number of methoxy groups -OCH3 is 1. The zero-order valence-corrected chi connectivity index (χ0v) is 25.5. The molecular formula is C36H37NO6S. The molecule has 1 saturated heterocycles. The van der Waals surface area contributed by atoms with E-state index < -0.39 is 12.4 Å². The molecule has 0 unspecified atom stereocenters. The van der Waals surface area contributed by atoms with E-state index in [1.807, 2.05) is 78.9 Å². The summed E-state index contributed by atoms with van der Waals surface area (Å²) in [5.41, 5.74) is 5.89. The van der Waals surface area contributed by atoms with Gasteiger partial charge < -0.3 is 29.4 Å². The molecule has 8 heteroatoms. The van der Waals surface area contributed by atoms with Crippen molar-refractivity contribution in [2.45, 2.75) is 43.0 Å². The molecule has 2 N–H and O–H groups in total. The van der Waals surface area contributed by atoms with Crippen molar-refractivity contribution in [2.75, 3.05) is 19.5 Å². The van der Waals surface area contributed by atoms with E-state index in [1.165, 1.54) is 6.08 Å². The molecule has 4 aromatic rings. The number of benzene rings is 4. The van der Waals surface area contributed by atoms with E-state index in [4.69, 9.17) is 18.9 Å². The van der Waals surface area contributed by atoms with Crippen molar-refractivity contribution in [3.63, 3.8) is 0 Å². The van der Waals surface area contributed by atoms with Crippen molar-refractivity contribution in [2.24, 2.45) is 0 Å². The Morgan fingerprint density at radius 3 is 2.48 bits per heavy atom. The maximum absolute atomic E-state index is 11.8. The first-order valence-corrected chi connectivity index (χ1v) is 15.5. The summed E-state index contributed by atoms with van der Waals surface area (Å²) in [4.78, 5) is 12.9. The highest BCUT2D eigenvalue weighted by Gasteiger charge is 2.32. The molecule has 1 aliphatic heterocycles. The fraction of sp³-hybridized carbons (Fsp3) is 0.250. The average molecular weight is 612 g/mol. The SMILES string of the molecule is C=CCOC(=O)NCc1cccc(-c2ccc([C@H]3O[C@@H](CSc4ccccc4OC)C[C@@H](c4ccc(CO)cc4)O3)cc2)c1. The minimum Gasteiger partial charge on any atom is -0.496 e. The quantitative estimate of drug-likeness (QED) is 0.126. The Morgan fingerprint density at radius 1 is 0.955 bits per heavy atom. The molecule has 0 spiro atoms. The highest BCUT2D eigenvalue weighted by Crippen LogP contribution is 2.40. The predicted octanol–water partition coefficient (Wildman–Crippen LogP) is 7.60. The maximum atomic E-state index is 11.8. The predicted molar refractivity (Wildman–Crippen MR) is 172 cm³/mol. The molecule has 0 aromatic heterocycles. The standard InChI is InChI=1S/C36H37NO6S/c1-3-19-41-36(39)37-22-26-7-6-8-30(20-26)27-15-17-29(18-16-27)35-42-31(24-44-34-10-5-4-9-32(34)40-2)21-33(43-35)28-13-11-25(23-38)12-14-28/h3-18,20,31,33,35,38H,1,19,21-24H2,2H3,(H,37,39)/t31-,33+,35+/m1/s1. The van der Waals surface area contributed by atoms with Crippen LogP contribution in [0.3, 0.4) is 0 Å². The number of hydrogen-bond donors (Lipinski definition) is 2. The van der Waals surface area contributed by atoms with Crippen LogP contribution in [0.1, 0.15) is 41.1 Å². The Kier molecular flexibility index (Phi) is 11.1. The lowest BCUT2D eigenvalue weighted by Crippen LogP contribution is -2.31. The lowest BCUT2D eigenvalue weighted by atomic mass is 9.99. The molecule has 4 aromatic carbocycles. The molecule has 1 amide bonds. The van der Waals surface area contributed by atoms with Crippen molar-refractivity contribution in [3.05, 3.63) is 132 Å². The molecule has 3 atom stereocenters. The summed E-state index contributed by atoms with van der Waals surface area (Å²) in [5.74, 6) is 1.59. The van der Waals surface area contributed by atoms with Crippen LogP contribution in [0.5, 0.6) is 5.75 Å². The zero-order valence-electron chi connectivity index (χ0n) is 24.7. The summed E-state index contributed by atoms with van der Waals surface area (Å²) < 4.78 is 23.6. The number of nitrogens with one attached hydrogen (secondary N) is 1. The van der Waals surface area contributed by atoms with E-state index in [9.17, 15) is 9.90 Å². The molecule has 0 radical (unpaired) electrons. The fourth-order valence-corrected chi connectivity index (χ4v) is 6.05. The largest absolute Gasteiger partial charge is 0.496 e. The second-order valence-corrected chi connectivity index (χ2v) is 11.4. The van der Waals surface area contributed by atoms with Gasteiger partial charge in [0.2, 0.25) is 0 Å². The number of rotatable bonds is 12. The molecule has 0 bridgehead atoms. The molecule has 228 valence electrons. The topological polar surface area (TPSA) is 86.3 Å². The summed E-state index contributed by atoms with van der Waals surface area (Å²) in [6.07, 6.45) is 0.997. The van der Waals surface area contributed by atoms with Gasteiger partial charge in [0.1, 0.15) is 12.4 Å². The van der Waals surface area contributed by atoms with Gasteiger partial charge in [0.05, 0.1) is 25.9 Å². The molecule has 1 aliphatic rings. The van der Waals surface area contributed by atoms with Gasteiger partial charge in [-0.3, -0.25) is 0 Å². The number of aliphatic hydroxyl groups is 1. The zero-order chi connectivity index (χ0) is 30.7. The molecule has 0 aliphatic carbocycles.